The lowest BCUT2D eigenvalue weighted by molar-refractivity contribution is -0.195. The van der Waals surface area contributed by atoms with Gasteiger partial charge in [-0.25, -0.2) is 4.39 Å². The second-order valence-corrected chi connectivity index (χ2v) is 8.91. The third-order valence-electron chi connectivity index (χ3n) is 6.59. The zero-order chi connectivity index (χ0) is 23.8. The van der Waals surface area contributed by atoms with E-state index in [0.29, 0.717) is 12.0 Å². The molecule has 1 atom stereocenters. The Labute approximate surface area is 188 Å². The van der Waals surface area contributed by atoms with Crippen molar-refractivity contribution in [3.8, 4) is 5.75 Å². The van der Waals surface area contributed by atoms with Gasteiger partial charge in [0, 0.05) is 5.56 Å². The maximum absolute atomic E-state index is 14.8. The van der Waals surface area contributed by atoms with Crippen LogP contribution < -0.4 is 4.74 Å². The van der Waals surface area contributed by atoms with E-state index in [-0.39, 0.29) is 17.9 Å². The Morgan fingerprint density at radius 2 is 1.58 bits per heavy atom. The SMILES string of the molecule is CCCC1CCC(c2ccc(OC(F)(F)c3ccc(C4CO4)c(F)c3C(F)(F)F)cc2)CC1. The quantitative estimate of drug-likeness (QED) is 0.300. The molecule has 0 spiro atoms. The normalized spacial score (nSPS) is 23.4. The summed E-state index contributed by atoms with van der Waals surface area (Å²) in [5.41, 5.74) is -2.98. The molecule has 1 saturated heterocycles. The van der Waals surface area contributed by atoms with Gasteiger partial charge in [-0.05, 0) is 61.3 Å². The molecule has 1 aliphatic carbocycles. The van der Waals surface area contributed by atoms with Crippen LogP contribution in [0.25, 0.3) is 0 Å². The van der Waals surface area contributed by atoms with Gasteiger partial charge in [-0.15, -0.1) is 0 Å². The molecule has 33 heavy (non-hydrogen) atoms. The predicted molar refractivity (Wildman–Crippen MR) is 111 cm³/mol. The van der Waals surface area contributed by atoms with Crippen LogP contribution in [0.15, 0.2) is 36.4 Å². The van der Waals surface area contributed by atoms with E-state index in [1.807, 2.05) is 0 Å². The molecule has 1 aliphatic heterocycles. The van der Waals surface area contributed by atoms with Gasteiger partial charge in [0.2, 0.25) is 0 Å². The summed E-state index contributed by atoms with van der Waals surface area (Å²) in [5, 5.41) is 0. The highest BCUT2D eigenvalue weighted by molar-refractivity contribution is 5.40. The minimum atomic E-state index is -5.32. The van der Waals surface area contributed by atoms with Gasteiger partial charge < -0.3 is 9.47 Å². The minimum Gasteiger partial charge on any atom is -0.429 e. The van der Waals surface area contributed by atoms with Crippen molar-refractivity contribution in [1.29, 1.82) is 0 Å². The van der Waals surface area contributed by atoms with E-state index < -0.39 is 35.3 Å². The zero-order valence-corrected chi connectivity index (χ0v) is 18.2. The molecule has 0 bridgehead atoms. The third kappa shape index (κ3) is 5.31. The van der Waals surface area contributed by atoms with E-state index in [9.17, 15) is 26.3 Å². The smallest absolute Gasteiger partial charge is 0.427 e. The molecular formula is C25H26F6O2. The fraction of sp³-hybridized carbons (Fsp3) is 0.520. The Morgan fingerprint density at radius 1 is 0.939 bits per heavy atom. The lowest BCUT2D eigenvalue weighted by Crippen LogP contribution is -2.27. The summed E-state index contributed by atoms with van der Waals surface area (Å²) in [4.78, 5) is 0. The van der Waals surface area contributed by atoms with Gasteiger partial charge >= 0.3 is 12.3 Å². The Kier molecular flexibility index (Phi) is 6.67. The van der Waals surface area contributed by atoms with Crippen LogP contribution in [0.5, 0.6) is 5.75 Å². The first-order valence-corrected chi connectivity index (χ1v) is 11.3. The average Bonchev–Trinajstić information content (AvgIpc) is 3.59. The summed E-state index contributed by atoms with van der Waals surface area (Å²) in [7, 11) is 0. The number of ether oxygens (including phenoxy) is 2. The van der Waals surface area contributed by atoms with Crippen molar-refractivity contribution < 1.29 is 35.8 Å². The number of alkyl halides is 5. The first-order valence-electron chi connectivity index (χ1n) is 11.3. The van der Waals surface area contributed by atoms with Gasteiger partial charge in [-0.2, -0.15) is 22.0 Å². The number of benzene rings is 2. The molecule has 2 aromatic rings. The molecule has 1 heterocycles. The van der Waals surface area contributed by atoms with Crippen molar-refractivity contribution in [3.63, 3.8) is 0 Å². The molecule has 4 rings (SSSR count). The molecule has 2 fully saturated rings. The van der Waals surface area contributed by atoms with E-state index in [1.165, 1.54) is 18.6 Å². The van der Waals surface area contributed by atoms with Crippen LogP contribution in [0.1, 0.15) is 79.7 Å². The van der Waals surface area contributed by atoms with Crippen molar-refractivity contribution in [1.82, 2.24) is 0 Å². The second-order valence-electron chi connectivity index (χ2n) is 8.91. The van der Waals surface area contributed by atoms with Crippen molar-refractivity contribution in [2.45, 2.75) is 69.8 Å². The summed E-state index contributed by atoms with van der Waals surface area (Å²) in [6, 6.07) is 7.47. The van der Waals surface area contributed by atoms with Crippen LogP contribution in [-0.4, -0.2) is 6.61 Å². The molecule has 2 nitrogen and oxygen atoms in total. The van der Waals surface area contributed by atoms with Crippen LogP contribution in [-0.2, 0) is 17.0 Å². The standard InChI is InChI=1S/C25H26F6O2/c1-2-3-15-4-6-16(7-5-15)17-8-10-18(11-9-17)33-25(30,31)20-13-12-19(21-14-32-21)23(26)22(20)24(27,28)29/h8-13,15-16,21H,2-7,14H2,1H3. The molecule has 1 unspecified atom stereocenters. The van der Waals surface area contributed by atoms with E-state index in [4.69, 9.17) is 4.74 Å². The van der Waals surface area contributed by atoms with Crippen molar-refractivity contribution in [3.05, 3.63) is 64.5 Å². The van der Waals surface area contributed by atoms with Gasteiger partial charge in [-0.3, -0.25) is 0 Å². The molecule has 2 aliphatic rings. The van der Waals surface area contributed by atoms with Gasteiger partial charge in [-0.1, -0.05) is 38.0 Å². The van der Waals surface area contributed by atoms with Crippen LogP contribution in [0, 0.1) is 11.7 Å². The van der Waals surface area contributed by atoms with Gasteiger partial charge in [0.25, 0.3) is 0 Å². The largest absolute Gasteiger partial charge is 0.429 e. The van der Waals surface area contributed by atoms with E-state index >= 15 is 0 Å². The van der Waals surface area contributed by atoms with Crippen LogP contribution in [0.2, 0.25) is 0 Å². The Morgan fingerprint density at radius 3 is 2.12 bits per heavy atom. The zero-order valence-electron chi connectivity index (χ0n) is 18.2. The van der Waals surface area contributed by atoms with E-state index in [2.05, 4.69) is 11.7 Å². The Balaban J connectivity index is 1.52. The number of halogens is 6. The predicted octanol–water partition coefficient (Wildman–Crippen LogP) is 8.12. The molecular weight excluding hydrogens is 446 g/mol. The summed E-state index contributed by atoms with van der Waals surface area (Å²) in [6.07, 6.45) is -3.88. The highest BCUT2D eigenvalue weighted by atomic mass is 19.4. The second kappa shape index (κ2) is 9.20. The topological polar surface area (TPSA) is 21.8 Å². The van der Waals surface area contributed by atoms with Crippen LogP contribution in [0.3, 0.4) is 0 Å². The molecule has 0 N–H and O–H groups in total. The Bertz CT molecular complexity index is 958. The highest BCUT2D eigenvalue weighted by Crippen LogP contribution is 2.45. The van der Waals surface area contributed by atoms with E-state index in [0.717, 1.165) is 49.7 Å². The average molecular weight is 472 g/mol. The maximum atomic E-state index is 14.8. The van der Waals surface area contributed by atoms with Crippen molar-refractivity contribution >= 4 is 0 Å². The summed E-state index contributed by atoms with van der Waals surface area (Å²) >= 11 is 0. The monoisotopic (exact) mass is 472 g/mol. The van der Waals surface area contributed by atoms with Gasteiger partial charge in [0.1, 0.15) is 23.2 Å². The van der Waals surface area contributed by atoms with Crippen LogP contribution >= 0.6 is 0 Å². The maximum Gasteiger partial charge on any atom is 0.427 e. The molecule has 0 radical (unpaired) electrons. The lowest BCUT2D eigenvalue weighted by Gasteiger charge is -2.29. The van der Waals surface area contributed by atoms with Crippen molar-refractivity contribution in [2.24, 2.45) is 5.92 Å². The first-order chi connectivity index (χ1) is 15.6. The van der Waals surface area contributed by atoms with Gasteiger partial charge in [0.05, 0.1) is 12.2 Å². The lowest BCUT2D eigenvalue weighted by atomic mass is 9.77. The highest BCUT2D eigenvalue weighted by Gasteiger charge is 2.48. The molecule has 0 aromatic heterocycles. The summed E-state index contributed by atoms with van der Waals surface area (Å²) < 4.78 is 94.2. The van der Waals surface area contributed by atoms with Crippen molar-refractivity contribution in [2.75, 3.05) is 6.61 Å². The first kappa shape index (κ1) is 23.9. The number of epoxide rings is 1. The van der Waals surface area contributed by atoms with Crippen LogP contribution in [0.4, 0.5) is 26.3 Å². The number of rotatable bonds is 7. The third-order valence-corrected chi connectivity index (χ3v) is 6.59. The summed E-state index contributed by atoms with van der Waals surface area (Å²) in [6.45, 7) is 2.22. The van der Waals surface area contributed by atoms with E-state index in [1.54, 1.807) is 12.1 Å². The number of hydrogen-bond donors (Lipinski definition) is 0. The fourth-order valence-electron chi connectivity index (χ4n) is 4.79. The minimum absolute atomic E-state index is 0.0487. The van der Waals surface area contributed by atoms with Gasteiger partial charge in [0.15, 0.2) is 0 Å². The Hall–Kier alpha value is -2.22. The fourth-order valence-corrected chi connectivity index (χ4v) is 4.79. The molecule has 1 saturated carbocycles. The summed E-state index contributed by atoms with van der Waals surface area (Å²) in [5.74, 6) is -0.976. The number of hydrogen-bond acceptors (Lipinski definition) is 2. The molecule has 0 amide bonds. The molecule has 8 heteroatoms. The molecule has 2 aromatic carbocycles. The molecule has 180 valence electrons.